The van der Waals surface area contributed by atoms with E-state index < -0.39 is 0 Å². The van der Waals surface area contributed by atoms with Crippen LogP contribution in [-0.2, 0) is 0 Å². The van der Waals surface area contributed by atoms with Crippen LogP contribution in [-0.4, -0.2) is 42.3 Å². The van der Waals surface area contributed by atoms with Crippen LogP contribution in [0.3, 0.4) is 0 Å². The Bertz CT molecular complexity index is 529. The summed E-state index contributed by atoms with van der Waals surface area (Å²) in [6.07, 6.45) is 6.41. The molecule has 0 aliphatic carbocycles. The third-order valence-electron chi connectivity index (χ3n) is 2.79. The molecule has 0 saturated heterocycles. The molecule has 2 heterocycles. The quantitative estimate of drug-likeness (QED) is 0.409. The van der Waals surface area contributed by atoms with Gasteiger partial charge in [-0.05, 0) is 12.8 Å². The van der Waals surface area contributed by atoms with Crippen molar-refractivity contribution in [3.05, 3.63) is 18.7 Å². The largest absolute Gasteiger partial charge is 0.396 e. The van der Waals surface area contributed by atoms with E-state index in [1.165, 1.54) is 0 Å². The van der Waals surface area contributed by atoms with Crippen molar-refractivity contribution < 1.29 is 5.11 Å². The number of nitrogens with one attached hydrogen (secondary N) is 2. The molecule has 0 aliphatic heterocycles. The predicted octanol–water partition coefficient (Wildman–Crippen LogP) is -0.0842. The zero-order chi connectivity index (χ0) is 14.4. The Morgan fingerprint density at radius 1 is 1.35 bits per heavy atom. The van der Waals surface area contributed by atoms with E-state index in [4.69, 9.17) is 10.9 Å². The van der Waals surface area contributed by atoms with Crippen LogP contribution < -0.4 is 16.6 Å². The second-order valence-electron chi connectivity index (χ2n) is 4.16. The number of nitrogens with two attached hydrogens (primary N) is 1. The first-order valence-electron chi connectivity index (χ1n) is 6.35. The molecule has 2 aromatic heterocycles. The molecule has 0 aromatic carbocycles. The van der Waals surface area contributed by atoms with Crippen LogP contribution in [0.5, 0.6) is 0 Å². The summed E-state index contributed by atoms with van der Waals surface area (Å²) in [5.41, 5.74) is 2.41. The molecular formula is C11H18N8O. The molecule has 0 fully saturated rings. The zero-order valence-electron chi connectivity index (χ0n) is 11.2. The van der Waals surface area contributed by atoms with Crippen LogP contribution >= 0.6 is 0 Å². The Morgan fingerprint density at radius 2 is 2.15 bits per heavy atom. The molecule has 1 atom stereocenters. The number of anilines is 2. The van der Waals surface area contributed by atoms with Crippen molar-refractivity contribution in [2.75, 3.05) is 17.3 Å². The Balaban J connectivity index is 2.26. The number of nitrogen functional groups attached to an aromatic ring is 1. The Hall–Kier alpha value is -2.26. The summed E-state index contributed by atoms with van der Waals surface area (Å²) < 4.78 is 1.65. The van der Waals surface area contributed by atoms with Gasteiger partial charge in [-0.25, -0.2) is 10.8 Å². The van der Waals surface area contributed by atoms with Crippen LogP contribution in [0.15, 0.2) is 18.7 Å². The standard InChI is InChI=1S/C11H18N8O/c1-2-8(3-6-20)14-9-15-10(18-12)17-11(16-9)19-5-4-13-7-19/h4-5,7-8,20H,2-3,6,12H2,1H3,(H2,14,15,16,17,18). The fourth-order valence-corrected chi connectivity index (χ4v) is 1.70. The lowest BCUT2D eigenvalue weighted by molar-refractivity contribution is 0.278. The van der Waals surface area contributed by atoms with Crippen LogP contribution in [0, 0.1) is 0 Å². The second kappa shape index (κ2) is 6.78. The SMILES string of the molecule is CCC(CCO)Nc1nc(NN)nc(-n2ccnc2)n1. The van der Waals surface area contributed by atoms with Gasteiger partial charge in [-0.1, -0.05) is 6.92 Å². The zero-order valence-corrected chi connectivity index (χ0v) is 11.2. The highest BCUT2D eigenvalue weighted by Crippen LogP contribution is 2.11. The number of rotatable bonds is 7. The minimum atomic E-state index is 0.0867. The number of aromatic nitrogens is 5. The second-order valence-corrected chi connectivity index (χ2v) is 4.16. The Morgan fingerprint density at radius 3 is 2.75 bits per heavy atom. The predicted molar refractivity (Wildman–Crippen MR) is 74.2 cm³/mol. The monoisotopic (exact) mass is 278 g/mol. The molecule has 2 rings (SSSR count). The van der Waals surface area contributed by atoms with Gasteiger partial charge < -0.3 is 10.4 Å². The maximum Gasteiger partial charge on any atom is 0.243 e. The fraction of sp³-hybridized carbons (Fsp3) is 0.455. The van der Waals surface area contributed by atoms with E-state index >= 15 is 0 Å². The molecule has 1 unspecified atom stereocenters. The summed E-state index contributed by atoms with van der Waals surface area (Å²) in [6.45, 7) is 2.13. The summed E-state index contributed by atoms with van der Waals surface area (Å²) in [5, 5.41) is 12.2. The lowest BCUT2D eigenvalue weighted by atomic mass is 10.2. The molecule has 0 saturated carbocycles. The molecular weight excluding hydrogens is 260 g/mol. The van der Waals surface area contributed by atoms with Gasteiger partial charge in [0.1, 0.15) is 6.33 Å². The maximum absolute atomic E-state index is 9.01. The number of aliphatic hydroxyl groups excluding tert-OH is 1. The van der Waals surface area contributed by atoms with Gasteiger partial charge in [0, 0.05) is 25.0 Å². The van der Waals surface area contributed by atoms with E-state index in [2.05, 4.69) is 30.7 Å². The molecule has 9 heteroatoms. The van der Waals surface area contributed by atoms with Crippen molar-refractivity contribution >= 4 is 11.9 Å². The van der Waals surface area contributed by atoms with Crippen LogP contribution in [0.25, 0.3) is 5.95 Å². The van der Waals surface area contributed by atoms with Gasteiger partial charge in [-0.2, -0.15) is 15.0 Å². The molecule has 108 valence electrons. The van der Waals surface area contributed by atoms with Crippen molar-refractivity contribution in [2.45, 2.75) is 25.8 Å². The molecule has 2 aromatic rings. The highest BCUT2D eigenvalue weighted by Gasteiger charge is 2.11. The number of hydrogen-bond donors (Lipinski definition) is 4. The molecule has 20 heavy (non-hydrogen) atoms. The van der Waals surface area contributed by atoms with Gasteiger partial charge in [0.25, 0.3) is 0 Å². The maximum atomic E-state index is 9.01. The van der Waals surface area contributed by atoms with Crippen molar-refractivity contribution in [3.63, 3.8) is 0 Å². The van der Waals surface area contributed by atoms with Crippen molar-refractivity contribution in [1.82, 2.24) is 24.5 Å². The minimum absolute atomic E-state index is 0.0867. The number of hydrogen-bond acceptors (Lipinski definition) is 8. The third kappa shape index (κ3) is 3.39. The lowest BCUT2D eigenvalue weighted by Crippen LogP contribution is -2.23. The number of hydrazine groups is 1. The molecule has 0 radical (unpaired) electrons. The van der Waals surface area contributed by atoms with Gasteiger partial charge in [0.05, 0.1) is 0 Å². The molecule has 0 spiro atoms. The van der Waals surface area contributed by atoms with Gasteiger partial charge >= 0.3 is 0 Å². The van der Waals surface area contributed by atoms with E-state index in [1.807, 2.05) is 6.92 Å². The molecule has 0 aliphatic rings. The van der Waals surface area contributed by atoms with Gasteiger partial charge in [0.15, 0.2) is 0 Å². The van der Waals surface area contributed by atoms with E-state index in [0.717, 1.165) is 6.42 Å². The first-order valence-corrected chi connectivity index (χ1v) is 6.35. The van der Waals surface area contributed by atoms with Gasteiger partial charge in [0.2, 0.25) is 17.8 Å². The van der Waals surface area contributed by atoms with E-state index in [0.29, 0.717) is 18.3 Å². The van der Waals surface area contributed by atoms with Crippen LogP contribution in [0.1, 0.15) is 19.8 Å². The van der Waals surface area contributed by atoms with Crippen LogP contribution in [0.4, 0.5) is 11.9 Å². The minimum Gasteiger partial charge on any atom is -0.396 e. The Labute approximate surface area is 116 Å². The summed E-state index contributed by atoms with van der Waals surface area (Å²) in [5.74, 6) is 6.43. The number of aliphatic hydroxyl groups is 1. The van der Waals surface area contributed by atoms with Crippen LogP contribution in [0.2, 0.25) is 0 Å². The first kappa shape index (κ1) is 14.2. The topological polar surface area (TPSA) is 127 Å². The van der Waals surface area contributed by atoms with Crippen molar-refractivity contribution in [2.24, 2.45) is 5.84 Å². The van der Waals surface area contributed by atoms with Crippen molar-refractivity contribution in [1.29, 1.82) is 0 Å². The molecule has 9 nitrogen and oxygen atoms in total. The lowest BCUT2D eigenvalue weighted by Gasteiger charge is -2.16. The Kier molecular flexibility index (Phi) is 4.80. The molecule has 0 bridgehead atoms. The normalized spacial score (nSPS) is 12.2. The summed E-state index contributed by atoms with van der Waals surface area (Å²) in [4.78, 5) is 16.5. The smallest absolute Gasteiger partial charge is 0.243 e. The van der Waals surface area contributed by atoms with Crippen molar-refractivity contribution in [3.8, 4) is 5.95 Å². The van der Waals surface area contributed by atoms with E-state index in [9.17, 15) is 0 Å². The van der Waals surface area contributed by atoms with E-state index in [1.54, 1.807) is 23.3 Å². The number of nitrogens with zero attached hydrogens (tertiary/aromatic N) is 5. The van der Waals surface area contributed by atoms with Gasteiger partial charge in [-0.15, -0.1) is 0 Å². The highest BCUT2D eigenvalue weighted by molar-refractivity contribution is 5.37. The first-order chi connectivity index (χ1) is 9.76. The average molecular weight is 278 g/mol. The molecule has 5 N–H and O–H groups in total. The summed E-state index contributed by atoms with van der Waals surface area (Å²) >= 11 is 0. The highest BCUT2D eigenvalue weighted by atomic mass is 16.3. The average Bonchev–Trinajstić information content (AvgIpc) is 3.00. The number of imidazole rings is 1. The van der Waals surface area contributed by atoms with E-state index in [-0.39, 0.29) is 18.6 Å². The summed E-state index contributed by atoms with van der Waals surface area (Å²) in [6, 6.07) is 0.0867. The third-order valence-corrected chi connectivity index (χ3v) is 2.79. The summed E-state index contributed by atoms with van der Waals surface area (Å²) in [7, 11) is 0. The van der Waals surface area contributed by atoms with Gasteiger partial charge in [-0.3, -0.25) is 9.99 Å². The molecule has 0 amide bonds. The fourth-order valence-electron chi connectivity index (χ4n) is 1.70.